The fraction of sp³-hybridized carbons (Fsp3) is 0.273. The lowest BCUT2D eigenvalue weighted by atomic mass is 10.4. The van der Waals surface area contributed by atoms with Crippen LogP contribution in [0.4, 0.5) is 0 Å². The molecule has 0 aliphatic carbocycles. The van der Waals surface area contributed by atoms with Gasteiger partial charge in [0.1, 0.15) is 5.70 Å². The average Bonchev–Trinajstić information content (AvgIpc) is 2.25. The van der Waals surface area contributed by atoms with Crippen LogP contribution >= 0.6 is 25.3 Å². The summed E-state index contributed by atoms with van der Waals surface area (Å²) in [6.07, 6.45) is 3.62. The van der Waals surface area contributed by atoms with Crippen LogP contribution in [0.15, 0.2) is 56.9 Å². The molecule has 0 radical (unpaired) electrons. The van der Waals surface area contributed by atoms with Crippen molar-refractivity contribution in [2.45, 2.75) is 13.8 Å². The van der Waals surface area contributed by atoms with Crippen molar-refractivity contribution in [1.29, 1.82) is 0 Å². The molecule has 0 spiro atoms. The number of nitrogens with zero attached hydrogens (tertiary/aromatic N) is 3. The van der Waals surface area contributed by atoms with Crippen LogP contribution in [0.2, 0.25) is 0 Å². The number of hydrogen-bond donors (Lipinski definition) is 3. The van der Waals surface area contributed by atoms with Crippen molar-refractivity contribution in [3.8, 4) is 0 Å². The lowest BCUT2D eigenvalue weighted by Crippen LogP contribution is -2.64. The Kier molecular flexibility index (Phi) is 7.49. The van der Waals surface area contributed by atoms with E-state index in [1.165, 1.54) is 4.81 Å². The van der Waals surface area contributed by atoms with Gasteiger partial charge < -0.3 is 0 Å². The second-order valence-electron chi connectivity index (χ2n) is 3.07. The molecule has 0 saturated heterocycles. The average molecular weight is 270 g/mol. The van der Waals surface area contributed by atoms with Gasteiger partial charge in [-0.05, 0) is 25.0 Å². The van der Waals surface area contributed by atoms with Crippen LogP contribution in [0, 0.1) is 0 Å². The van der Waals surface area contributed by atoms with E-state index < -0.39 is 0 Å². The van der Waals surface area contributed by atoms with E-state index in [0.29, 0.717) is 15.5 Å². The molecule has 0 aliphatic rings. The number of hydrogen-bond acceptors (Lipinski definition) is 3. The molecule has 0 unspecified atom stereocenters. The topological polar surface area (TPSA) is 41.7 Å². The van der Waals surface area contributed by atoms with Crippen LogP contribution in [-0.4, -0.2) is 11.9 Å². The summed E-state index contributed by atoms with van der Waals surface area (Å²) in [4.78, 5) is 2.57. The smallest absolute Gasteiger partial charge is 0.142 e. The molecule has 6 heteroatoms. The van der Waals surface area contributed by atoms with Gasteiger partial charge in [-0.3, -0.25) is 0 Å². The van der Waals surface area contributed by atoms with Gasteiger partial charge in [0, 0.05) is 10.0 Å². The highest BCUT2D eigenvalue weighted by Gasteiger charge is 2.08. The predicted octanol–water partition coefficient (Wildman–Crippen LogP) is 2.22. The summed E-state index contributed by atoms with van der Waals surface area (Å²) in [5.74, 6) is 0. The van der Waals surface area contributed by atoms with Gasteiger partial charge in [-0.25, -0.2) is 0 Å². The third-order valence-electron chi connectivity index (χ3n) is 1.74. The number of nitrogens with one attached hydrogen (secondary N) is 1. The van der Waals surface area contributed by atoms with E-state index >= 15 is 0 Å². The molecular weight excluding hydrogens is 252 g/mol. The molecule has 0 aromatic rings. The highest BCUT2D eigenvalue weighted by Crippen LogP contribution is 2.12. The standard InChI is InChI=1S/C11H16N4S2/c1-6-10(8(3)16)12-14-15(5)13-11(7-2)9(4)17/h6-7H,3-4H2,1-2,5H3,(H-,16,17)/p+2/b10-6+,11-7+,14-12?,15-13?. The zero-order valence-corrected chi connectivity index (χ0v) is 12.1. The molecule has 1 N–H and O–H groups in total. The van der Waals surface area contributed by atoms with Crippen molar-refractivity contribution >= 4 is 25.3 Å². The van der Waals surface area contributed by atoms with Gasteiger partial charge in [0.15, 0.2) is 7.05 Å². The van der Waals surface area contributed by atoms with Crippen LogP contribution in [0.1, 0.15) is 13.8 Å². The first-order valence-corrected chi connectivity index (χ1v) is 5.83. The minimum atomic E-state index is 0.583. The SMILES string of the molecule is C=C(S)/C(=C\C)N=[N+](C)N=[NH+]/C(=C/C)C(=C)S. The lowest BCUT2D eigenvalue weighted by molar-refractivity contribution is -0.702. The zero-order chi connectivity index (χ0) is 13.4. The molecule has 0 saturated carbocycles. The second-order valence-corrected chi connectivity index (χ2v) is 4.15. The van der Waals surface area contributed by atoms with E-state index in [1.54, 1.807) is 13.1 Å². The van der Waals surface area contributed by atoms with Crippen LogP contribution in [0.25, 0.3) is 0 Å². The highest BCUT2D eigenvalue weighted by molar-refractivity contribution is 7.85. The molecule has 0 aliphatic heterocycles. The Labute approximate surface area is 113 Å². The van der Waals surface area contributed by atoms with Crippen molar-refractivity contribution in [1.82, 2.24) is 0 Å². The summed E-state index contributed by atoms with van der Waals surface area (Å²) < 4.78 is 0. The number of rotatable bonds is 5. The first-order valence-electron chi connectivity index (χ1n) is 4.93. The quantitative estimate of drug-likeness (QED) is 0.225. The molecule has 4 nitrogen and oxygen atoms in total. The summed E-state index contributed by atoms with van der Waals surface area (Å²) >= 11 is 8.25. The Morgan fingerprint density at radius 1 is 1.18 bits per heavy atom. The monoisotopic (exact) mass is 270 g/mol. The Hall–Kier alpha value is -1.14. The maximum Gasteiger partial charge on any atom is 0.296 e. The van der Waals surface area contributed by atoms with Crippen molar-refractivity contribution in [3.05, 3.63) is 46.5 Å². The van der Waals surface area contributed by atoms with E-state index in [0.717, 1.165) is 5.70 Å². The Bertz CT molecular complexity index is 431. The van der Waals surface area contributed by atoms with Crippen LogP contribution in [-0.2, 0) is 0 Å². The molecule has 0 atom stereocenters. The van der Waals surface area contributed by atoms with Gasteiger partial charge in [0.25, 0.3) is 5.22 Å². The molecule has 0 bridgehead atoms. The van der Waals surface area contributed by atoms with Gasteiger partial charge >= 0.3 is 0 Å². The third kappa shape index (κ3) is 6.23. The maximum absolute atomic E-state index is 4.17. The molecule has 0 aromatic carbocycles. The van der Waals surface area contributed by atoms with E-state index in [4.69, 9.17) is 0 Å². The fourth-order valence-corrected chi connectivity index (χ4v) is 1.24. The van der Waals surface area contributed by atoms with Crippen molar-refractivity contribution in [3.63, 3.8) is 0 Å². The molecule has 0 fully saturated rings. The normalized spacial score (nSPS) is 14.3. The second kappa shape index (κ2) is 8.03. The molecule has 0 amide bonds. The highest BCUT2D eigenvalue weighted by atomic mass is 32.1. The Morgan fingerprint density at radius 2 is 1.76 bits per heavy atom. The maximum atomic E-state index is 4.17. The van der Waals surface area contributed by atoms with E-state index in [1.807, 2.05) is 19.9 Å². The summed E-state index contributed by atoms with van der Waals surface area (Å²) in [5.41, 5.74) is 1.38. The van der Waals surface area contributed by atoms with Crippen LogP contribution < -0.4 is 5.11 Å². The van der Waals surface area contributed by atoms with Gasteiger partial charge in [0.05, 0.1) is 9.71 Å². The molecular formula is C11H18N4S2+2. The predicted molar refractivity (Wildman–Crippen MR) is 75.8 cm³/mol. The molecule has 17 heavy (non-hydrogen) atoms. The zero-order valence-electron chi connectivity index (χ0n) is 10.3. The van der Waals surface area contributed by atoms with Gasteiger partial charge in [-0.1, -0.05) is 19.2 Å². The van der Waals surface area contributed by atoms with E-state index in [2.05, 4.69) is 53.9 Å². The molecule has 0 aromatic heterocycles. The lowest BCUT2D eigenvalue weighted by Gasteiger charge is -1.90. The van der Waals surface area contributed by atoms with Gasteiger partial charge in [-0.2, -0.15) is 0 Å². The van der Waals surface area contributed by atoms with E-state index in [9.17, 15) is 0 Å². The summed E-state index contributed by atoms with van der Waals surface area (Å²) in [6, 6.07) is 0. The van der Waals surface area contributed by atoms with Crippen molar-refractivity contribution in [2.75, 3.05) is 7.05 Å². The Balaban J connectivity index is 4.92. The van der Waals surface area contributed by atoms with Crippen LogP contribution in [0.5, 0.6) is 0 Å². The number of azo groups is 1. The molecule has 92 valence electrons. The number of allylic oxidation sites excluding steroid dienone is 2. The number of thiol groups is 2. The first-order chi connectivity index (χ1) is 7.92. The first kappa shape index (κ1) is 15.9. The summed E-state index contributed by atoms with van der Waals surface area (Å²) in [5, 5.41) is 11.0. The largest absolute Gasteiger partial charge is 0.296 e. The van der Waals surface area contributed by atoms with Gasteiger partial charge in [0.2, 0.25) is 5.70 Å². The summed E-state index contributed by atoms with van der Waals surface area (Å²) in [7, 11) is 1.70. The molecule has 0 rings (SSSR count). The van der Waals surface area contributed by atoms with Crippen molar-refractivity contribution < 1.29 is 9.92 Å². The van der Waals surface area contributed by atoms with E-state index in [-0.39, 0.29) is 0 Å². The van der Waals surface area contributed by atoms with Crippen molar-refractivity contribution in [2.24, 2.45) is 10.3 Å². The van der Waals surface area contributed by atoms with Gasteiger partial charge in [-0.15, -0.1) is 25.3 Å². The summed E-state index contributed by atoms with van der Waals surface area (Å²) in [6.45, 7) is 11.1. The fourth-order valence-electron chi connectivity index (χ4n) is 0.882. The Morgan fingerprint density at radius 3 is 2.12 bits per heavy atom. The molecule has 0 heterocycles. The minimum Gasteiger partial charge on any atom is -0.142 e. The van der Waals surface area contributed by atoms with Crippen LogP contribution in [0.3, 0.4) is 0 Å². The minimum absolute atomic E-state index is 0.583. The third-order valence-corrected chi connectivity index (χ3v) is 2.21.